The number of ether oxygens (including phenoxy) is 1. The van der Waals surface area contributed by atoms with Crippen LogP contribution in [0, 0.1) is 29.6 Å². The number of anilines is 1. The maximum atomic E-state index is 14.5. The number of sulfonamides is 1. The number of hydrogen-bond donors (Lipinski definition) is 0. The first-order valence-electron chi connectivity index (χ1n) is 15.4. The topological polar surface area (TPSA) is 80.8 Å². The predicted octanol–water partition coefficient (Wildman–Crippen LogP) is 6.82. The molecule has 7 atom stereocenters. The van der Waals surface area contributed by atoms with Gasteiger partial charge in [-0.3, -0.25) is 13.9 Å². The fourth-order valence-corrected chi connectivity index (χ4v) is 9.72. The van der Waals surface area contributed by atoms with Crippen LogP contribution in [0.25, 0.3) is 5.57 Å². The van der Waals surface area contributed by atoms with Gasteiger partial charge < -0.3 is 4.74 Å². The Morgan fingerprint density at radius 3 is 2.07 bits per heavy atom. The minimum Gasteiger partial charge on any atom is -0.370 e. The van der Waals surface area contributed by atoms with Crippen LogP contribution >= 0.6 is 0 Å². The molecule has 7 rings (SSSR count). The highest BCUT2D eigenvalue weighted by atomic mass is 32.2. The largest absolute Gasteiger partial charge is 0.370 e. The molecule has 6 nitrogen and oxygen atoms in total. The lowest BCUT2D eigenvalue weighted by atomic mass is 9.64. The summed E-state index contributed by atoms with van der Waals surface area (Å²) in [6, 6.07) is 21.8. The summed E-state index contributed by atoms with van der Waals surface area (Å²) in [5.74, 6) is -0.844. The van der Waals surface area contributed by atoms with Crippen LogP contribution in [-0.2, 0) is 14.8 Å². The van der Waals surface area contributed by atoms with Gasteiger partial charge in [0.1, 0.15) is 0 Å². The molecule has 4 aliphatic rings. The van der Waals surface area contributed by atoms with Gasteiger partial charge in [0.05, 0.1) is 40.7 Å². The average molecular weight is 596 g/mol. The molecule has 0 unspecified atom stereocenters. The molecule has 43 heavy (non-hydrogen) atoms. The van der Waals surface area contributed by atoms with Crippen molar-refractivity contribution in [3.63, 3.8) is 0 Å². The van der Waals surface area contributed by atoms with E-state index in [1.165, 1.54) is 4.31 Å². The molecule has 0 aromatic heterocycles. The van der Waals surface area contributed by atoms with Crippen molar-refractivity contribution in [1.29, 1.82) is 0 Å². The number of Topliss-reactive ketones (excluding diaryl/α,β-unsaturated/α-hetero) is 2. The molecular weight excluding hydrogens is 558 g/mol. The highest BCUT2D eigenvalue weighted by molar-refractivity contribution is 7.93. The second-order valence-corrected chi connectivity index (χ2v) is 14.8. The van der Waals surface area contributed by atoms with E-state index in [0.29, 0.717) is 34.6 Å². The molecule has 0 amide bonds. The SMILES string of the molecule is CC(C)[C@@H]1CC[C@@H](C)C[C@H]1O[C@H]1C=C2c3ccccc3N(S(=O)(=O)c3ccccc3)[C@H]2[C@H]2C(=O)c3ccccc3C(=O)[C@H]21. The molecular formula is C36H37NO5S. The predicted molar refractivity (Wildman–Crippen MR) is 166 cm³/mol. The Balaban J connectivity index is 1.42. The minimum absolute atomic E-state index is 0.0522. The van der Waals surface area contributed by atoms with Gasteiger partial charge in [-0.05, 0) is 60.4 Å². The number of benzene rings is 3. The third-order valence-corrected chi connectivity index (χ3v) is 11.9. The Labute approximate surface area is 253 Å². The minimum atomic E-state index is -4.08. The van der Waals surface area contributed by atoms with Crippen LogP contribution in [0.5, 0.6) is 0 Å². The Morgan fingerprint density at radius 2 is 1.40 bits per heavy atom. The van der Waals surface area contributed by atoms with Crippen LogP contribution in [0.15, 0.2) is 89.8 Å². The van der Waals surface area contributed by atoms with Crippen LogP contribution < -0.4 is 4.31 Å². The van der Waals surface area contributed by atoms with Crippen molar-refractivity contribution in [1.82, 2.24) is 0 Å². The van der Waals surface area contributed by atoms with Gasteiger partial charge in [0.2, 0.25) is 0 Å². The van der Waals surface area contributed by atoms with E-state index in [1.807, 2.05) is 24.3 Å². The molecule has 1 aliphatic heterocycles. The zero-order valence-electron chi connectivity index (χ0n) is 24.7. The van der Waals surface area contributed by atoms with Crippen molar-refractivity contribution in [2.45, 2.75) is 63.2 Å². The normalized spacial score (nSPS) is 29.9. The van der Waals surface area contributed by atoms with Gasteiger partial charge in [0.15, 0.2) is 11.6 Å². The lowest BCUT2D eigenvalue weighted by molar-refractivity contribution is -0.0838. The molecule has 1 fully saturated rings. The quantitative estimate of drug-likeness (QED) is 0.323. The monoisotopic (exact) mass is 595 g/mol. The fourth-order valence-electron chi connectivity index (χ4n) is 8.03. The van der Waals surface area contributed by atoms with Gasteiger partial charge in [-0.15, -0.1) is 0 Å². The first-order chi connectivity index (χ1) is 20.7. The summed E-state index contributed by atoms with van der Waals surface area (Å²) >= 11 is 0. The zero-order valence-corrected chi connectivity index (χ0v) is 25.5. The van der Waals surface area contributed by atoms with Gasteiger partial charge in [0.25, 0.3) is 10.0 Å². The molecule has 0 N–H and O–H groups in total. The number of fused-ring (bicyclic) bond motifs is 6. The number of nitrogens with zero attached hydrogens (tertiary/aromatic N) is 1. The molecule has 0 spiro atoms. The van der Waals surface area contributed by atoms with E-state index < -0.39 is 34.0 Å². The number of carbonyl (C=O) groups excluding carboxylic acids is 2. The molecule has 0 bridgehead atoms. The van der Waals surface area contributed by atoms with E-state index in [9.17, 15) is 18.0 Å². The smallest absolute Gasteiger partial charge is 0.264 e. The Hall–Kier alpha value is -3.55. The molecule has 0 radical (unpaired) electrons. The molecule has 1 heterocycles. The summed E-state index contributed by atoms with van der Waals surface area (Å²) < 4.78 is 37.2. The van der Waals surface area contributed by atoms with E-state index in [0.717, 1.165) is 30.4 Å². The Kier molecular flexibility index (Phi) is 6.94. The van der Waals surface area contributed by atoms with Crippen molar-refractivity contribution in [2.24, 2.45) is 29.6 Å². The summed E-state index contributed by atoms with van der Waals surface area (Å²) in [7, 11) is -4.08. The third-order valence-electron chi connectivity index (χ3n) is 10.1. The number of ketones is 2. The fraction of sp³-hybridized carbons (Fsp3) is 0.389. The lowest BCUT2D eigenvalue weighted by Crippen LogP contribution is -2.57. The van der Waals surface area contributed by atoms with E-state index >= 15 is 0 Å². The Bertz CT molecular complexity index is 1730. The maximum Gasteiger partial charge on any atom is 0.264 e. The lowest BCUT2D eigenvalue weighted by Gasteiger charge is -2.46. The molecule has 3 aliphatic carbocycles. The molecule has 3 aromatic carbocycles. The molecule has 3 aromatic rings. The second-order valence-electron chi connectivity index (χ2n) is 13.0. The van der Waals surface area contributed by atoms with Crippen LogP contribution in [0.3, 0.4) is 0 Å². The number of carbonyl (C=O) groups is 2. The first kappa shape index (κ1) is 28.2. The van der Waals surface area contributed by atoms with E-state index in [2.05, 4.69) is 20.8 Å². The van der Waals surface area contributed by atoms with E-state index in [-0.39, 0.29) is 22.6 Å². The zero-order chi connectivity index (χ0) is 30.0. The molecule has 7 heteroatoms. The Morgan fingerprint density at radius 1 is 0.791 bits per heavy atom. The van der Waals surface area contributed by atoms with Crippen molar-refractivity contribution in [3.05, 3.63) is 102 Å². The van der Waals surface area contributed by atoms with Gasteiger partial charge in [-0.25, -0.2) is 8.42 Å². The van der Waals surface area contributed by atoms with Crippen LogP contribution in [0.4, 0.5) is 5.69 Å². The van der Waals surface area contributed by atoms with E-state index in [1.54, 1.807) is 60.7 Å². The van der Waals surface area contributed by atoms with Gasteiger partial charge in [-0.2, -0.15) is 0 Å². The molecule has 222 valence electrons. The van der Waals surface area contributed by atoms with Gasteiger partial charge in [0, 0.05) is 16.7 Å². The van der Waals surface area contributed by atoms with Crippen LogP contribution in [0.2, 0.25) is 0 Å². The maximum absolute atomic E-state index is 14.5. The van der Waals surface area contributed by atoms with E-state index in [4.69, 9.17) is 4.74 Å². The summed E-state index contributed by atoms with van der Waals surface area (Å²) in [5, 5.41) is 0. The average Bonchev–Trinajstić information content (AvgIpc) is 3.34. The summed E-state index contributed by atoms with van der Waals surface area (Å²) in [6.45, 7) is 6.69. The highest BCUT2D eigenvalue weighted by Crippen LogP contribution is 2.54. The van der Waals surface area contributed by atoms with Gasteiger partial charge in [-0.1, -0.05) is 87.9 Å². The first-order valence-corrected chi connectivity index (χ1v) is 16.9. The van der Waals surface area contributed by atoms with Crippen LogP contribution in [0.1, 0.15) is 66.3 Å². The molecule has 0 saturated heterocycles. The molecule has 1 saturated carbocycles. The highest BCUT2D eigenvalue weighted by Gasteiger charge is 2.58. The third kappa shape index (κ3) is 4.42. The van der Waals surface area contributed by atoms with Crippen molar-refractivity contribution in [2.75, 3.05) is 4.31 Å². The number of rotatable bonds is 5. The number of para-hydroxylation sites is 1. The summed E-state index contributed by atoms with van der Waals surface area (Å²) in [4.78, 5) is 29.0. The van der Waals surface area contributed by atoms with Crippen molar-refractivity contribution >= 4 is 32.9 Å². The standard InChI is InChI=1S/C36H37NO5S/c1-21(2)24-18-17-22(3)19-30(24)42-31-20-28-25-13-9-10-16-29(25)37(43(40,41)23-11-5-4-6-12-23)34(28)33-32(31)35(38)26-14-7-8-15-27(26)36(33)39/h4-16,20-22,24,30-34H,17-19H2,1-3H3/t22-,24+,30-,31+,32+,33+,34-/m1/s1. The summed E-state index contributed by atoms with van der Waals surface area (Å²) in [5.41, 5.74) is 2.77. The van der Waals surface area contributed by atoms with Crippen molar-refractivity contribution < 1.29 is 22.7 Å². The summed E-state index contributed by atoms with van der Waals surface area (Å²) in [6.07, 6.45) is 4.38. The van der Waals surface area contributed by atoms with Gasteiger partial charge >= 0.3 is 0 Å². The van der Waals surface area contributed by atoms with Crippen molar-refractivity contribution in [3.8, 4) is 0 Å². The second kappa shape index (κ2) is 10.6. The number of hydrogen-bond acceptors (Lipinski definition) is 5. The van der Waals surface area contributed by atoms with Crippen LogP contribution in [-0.4, -0.2) is 38.2 Å².